The minimum absolute atomic E-state index is 0.130. The van der Waals surface area contributed by atoms with Crippen LogP contribution in [0.4, 0.5) is 15.8 Å². The van der Waals surface area contributed by atoms with Crippen molar-refractivity contribution < 1.29 is 14.0 Å². The molecule has 2 amide bonds. The van der Waals surface area contributed by atoms with Gasteiger partial charge in [-0.3, -0.25) is 19.2 Å². The second-order valence-corrected chi connectivity index (χ2v) is 8.30. The maximum absolute atomic E-state index is 14.3. The van der Waals surface area contributed by atoms with E-state index in [0.717, 1.165) is 42.6 Å². The number of carbonyl (C=O) groups is 2. The zero-order valence-corrected chi connectivity index (χ0v) is 20.5. The van der Waals surface area contributed by atoms with E-state index in [1.807, 2.05) is 33.2 Å². The van der Waals surface area contributed by atoms with Gasteiger partial charge in [0.25, 0.3) is 5.91 Å². The summed E-state index contributed by atoms with van der Waals surface area (Å²) in [6, 6.07) is 4.89. The predicted octanol–water partition coefficient (Wildman–Crippen LogP) is 3.81. The Morgan fingerprint density at radius 3 is 2.56 bits per heavy atom. The average Bonchev–Trinajstić information content (AvgIpc) is 3.63. The van der Waals surface area contributed by atoms with E-state index in [-0.39, 0.29) is 23.7 Å². The highest BCUT2D eigenvalue weighted by Crippen LogP contribution is 2.24. The summed E-state index contributed by atoms with van der Waals surface area (Å²) in [5, 5.41) is 10.1. The number of pyridine rings is 2. The molecule has 3 N–H and O–H groups in total. The quantitative estimate of drug-likeness (QED) is 0.352. The summed E-state index contributed by atoms with van der Waals surface area (Å²) in [6.45, 7) is 6.04. The largest absolute Gasteiger partial charge is 0.339 e. The third kappa shape index (κ3) is 5.74. The highest BCUT2D eigenvalue weighted by molar-refractivity contribution is 6.06. The number of H-pyrrole nitrogens is 1. The molecule has 4 aromatic heterocycles. The van der Waals surface area contributed by atoms with Crippen LogP contribution in [0.1, 0.15) is 37.0 Å². The number of aromatic nitrogens is 5. The molecule has 0 unspecified atom stereocenters. The molecule has 1 aliphatic heterocycles. The summed E-state index contributed by atoms with van der Waals surface area (Å²) in [5.74, 6) is -1.60. The lowest BCUT2D eigenvalue weighted by atomic mass is 10.2. The normalized spacial score (nSPS) is 13.3. The fourth-order valence-electron chi connectivity index (χ4n) is 4.00. The number of rotatable bonds is 6. The highest BCUT2D eigenvalue weighted by atomic mass is 19.1. The minimum Gasteiger partial charge on any atom is -0.339 e. The summed E-state index contributed by atoms with van der Waals surface area (Å²) in [7, 11) is 1.83. The summed E-state index contributed by atoms with van der Waals surface area (Å²) in [5.41, 5.74) is 2.76. The fraction of sp³-hybridized carbons (Fsp3) is 0.320. The number of nitrogens with one attached hydrogen (secondary N) is 3. The van der Waals surface area contributed by atoms with Gasteiger partial charge >= 0.3 is 0 Å². The Kier molecular flexibility index (Phi) is 7.69. The van der Waals surface area contributed by atoms with Crippen molar-refractivity contribution >= 4 is 34.2 Å². The molecule has 5 heterocycles. The van der Waals surface area contributed by atoms with Crippen LogP contribution in [-0.4, -0.2) is 61.1 Å². The summed E-state index contributed by atoms with van der Waals surface area (Å²) < 4.78 is 16.0. The van der Waals surface area contributed by atoms with Gasteiger partial charge in [-0.1, -0.05) is 13.8 Å². The summed E-state index contributed by atoms with van der Waals surface area (Å²) in [4.78, 5) is 38.3. The van der Waals surface area contributed by atoms with Crippen LogP contribution in [0.5, 0.6) is 0 Å². The fourth-order valence-corrected chi connectivity index (χ4v) is 4.00. The predicted molar refractivity (Wildman–Crippen MR) is 136 cm³/mol. The number of aromatic amines is 1. The molecule has 1 aliphatic rings. The van der Waals surface area contributed by atoms with Crippen molar-refractivity contribution in [3.05, 3.63) is 54.5 Å². The van der Waals surface area contributed by atoms with E-state index in [1.165, 1.54) is 18.5 Å². The Morgan fingerprint density at radius 2 is 1.83 bits per heavy atom. The van der Waals surface area contributed by atoms with Gasteiger partial charge in [0.05, 0.1) is 41.6 Å². The Morgan fingerprint density at radius 1 is 1.06 bits per heavy atom. The molecule has 188 valence electrons. The molecule has 36 heavy (non-hydrogen) atoms. The zero-order valence-electron chi connectivity index (χ0n) is 20.5. The lowest BCUT2D eigenvalue weighted by molar-refractivity contribution is -0.117. The molecule has 4 aromatic rings. The van der Waals surface area contributed by atoms with Crippen LogP contribution in [0.3, 0.4) is 0 Å². The number of hydrogen-bond donors (Lipinski definition) is 3. The van der Waals surface area contributed by atoms with Gasteiger partial charge in [0.15, 0.2) is 0 Å². The van der Waals surface area contributed by atoms with Gasteiger partial charge in [-0.25, -0.2) is 9.97 Å². The zero-order chi connectivity index (χ0) is 25.7. The number of fused-ring (bicyclic) bond motifs is 1. The molecule has 0 spiro atoms. The maximum Gasteiger partial charge on any atom is 0.257 e. The van der Waals surface area contributed by atoms with Gasteiger partial charge in [0.2, 0.25) is 11.9 Å². The SMILES string of the molecule is CC.Cn1cc(-c2cc3cc(C(=O)Nc4cc(NC(=O)CN5CCCC5)cnc4F)cnc3[nH]2)cn1. The number of anilines is 2. The molecule has 0 atom stereocenters. The Labute approximate surface area is 207 Å². The first-order chi connectivity index (χ1) is 17.4. The number of carbonyl (C=O) groups excluding carboxylic acids is 2. The monoisotopic (exact) mass is 492 g/mol. The lowest BCUT2D eigenvalue weighted by Crippen LogP contribution is -2.31. The number of nitrogens with zero attached hydrogens (tertiary/aromatic N) is 5. The van der Waals surface area contributed by atoms with E-state index < -0.39 is 11.9 Å². The number of amides is 2. The van der Waals surface area contributed by atoms with Crippen LogP contribution in [-0.2, 0) is 11.8 Å². The summed E-state index contributed by atoms with van der Waals surface area (Å²) in [6.07, 6.45) is 8.38. The second kappa shape index (κ2) is 11.1. The molecule has 0 aromatic carbocycles. The van der Waals surface area contributed by atoms with Gasteiger partial charge in [0, 0.05) is 30.4 Å². The van der Waals surface area contributed by atoms with Crippen LogP contribution >= 0.6 is 0 Å². The van der Waals surface area contributed by atoms with Gasteiger partial charge < -0.3 is 15.6 Å². The first-order valence-corrected chi connectivity index (χ1v) is 11.9. The van der Waals surface area contributed by atoms with Crippen molar-refractivity contribution in [2.45, 2.75) is 26.7 Å². The molecule has 11 heteroatoms. The Bertz CT molecular complexity index is 1370. The van der Waals surface area contributed by atoms with Crippen molar-refractivity contribution in [2.75, 3.05) is 30.3 Å². The molecule has 0 aliphatic carbocycles. The molecule has 5 rings (SSSR count). The van der Waals surface area contributed by atoms with Crippen molar-refractivity contribution in [1.29, 1.82) is 0 Å². The van der Waals surface area contributed by atoms with Gasteiger partial charge in [-0.15, -0.1) is 0 Å². The van der Waals surface area contributed by atoms with Crippen LogP contribution < -0.4 is 10.6 Å². The van der Waals surface area contributed by atoms with Crippen molar-refractivity contribution in [3.8, 4) is 11.3 Å². The van der Waals surface area contributed by atoms with Crippen molar-refractivity contribution in [3.63, 3.8) is 0 Å². The van der Waals surface area contributed by atoms with Crippen LogP contribution in [0.15, 0.2) is 43.0 Å². The molecule has 10 nitrogen and oxygen atoms in total. The Balaban J connectivity index is 0.00000148. The van der Waals surface area contributed by atoms with Crippen LogP contribution in [0.2, 0.25) is 0 Å². The van der Waals surface area contributed by atoms with Crippen molar-refractivity contribution in [1.82, 2.24) is 29.6 Å². The lowest BCUT2D eigenvalue weighted by Gasteiger charge is -2.14. The van der Waals surface area contributed by atoms with Gasteiger partial charge in [0.1, 0.15) is 5.65 Å². The van der Waals surface area contributed by atoms with Gasteiger partial charge in [-0.05, 0) is 44.1 Å². The molecular formula is C25H29FN8O2. The number of likely N-dealkylation sites (tertiary alicyclic amines) is 1. The third-order valence-electron chi connectivity index (χ3n) is 5.69. The second-order valence-electron chi connectivity index (χ2n) is 8.30. The van der Waals surface area contributed by atoms with E-state index in [9.17, 15) is 14.0 Å². The summed E-state index contributed by atoms with van der Waals surface area (Å²) >= 11 is 0. The highest BCUT2D eigenvalue weighted by Gasteiger charge is 2.17. The van der Waals surface area contributed by atoms with E-state index >= 15 is 0 Å². The molecular weight excluding hydrogens is 463 g/mol. The van der Waals surface area contributed by atoms with E-state index in [4.69, 9.17) is 0 Å². The third-order valence-corrected chi connectivity index (χ3v) is 5.69. The number of hydrogen-bond acceptors (Lipinski definition) is 6. The standard InChI is InChI=1S/C23H23FN8O2.C2H6/c1-31-12-16(10-27-31)18-7-14-6-15(9-26-22(14)29-18)23(34)30-19-8-17(11-25-21(19)24)28-20(33)13-32-4-2-3-5-32;1-2/h6-12H,2-5,13H2,1H3,(H,26,29)(H,28,33)(H,30,34);1-2H3. The first kappa shape index (κ1) is 25.0. The topological polar surface area (TPSA) is 121 Å². The van der Waals surface area contributed by atoms with Crippen LogP contribution in [0.25, 0.3) is 22.3 Å². The smallest absolute Gasteiger partial charge is 0.257 e. The van der Waals surface area contributed by atoms with E-state index in [1.54, 1.807) is 16.9 Å². The average molecular weight is 493 g/mol. The van der Waals surface area contributed by atoms with Crippen LogP contribution in [0, 0.1) is 5.95 Å². The molecule has 0 saturated carbocycles. The molecule has 1 fully saturated rings. The first-order valence-electron chi connectivity index (χ1n) is 11.9. The molecule has 1 saturated heterocycles. The number of halogens is 1. The molecule has 0 bridgehead atoms. The molecule has 0 radical (unpaired) electrons. The van der Waals surface area contributed by atoms with Gasteiger partial charge in [-0.2, -0.15) is 9.49 Å². The van der Waals surface area contributed by atoms with E-state index in [2.05, 4.69) is 35.6 Å². The van der Waals surface area contributed by atoms with E-state index in [0.29, 0.717) is 11.3 Å². The van der Waals surface area contributed by atoms with Crippen molar-refractivity contribution in [2.24, 2.45) is 7.05 Å². The number of aryl methyl sites for hydroxylation is 1. The minimum atomic E-state index is -0.847. The maximum atomic E-state index is 14.3. The Hall–Kier alpha value is -4.12.